The molecule has 184 valence electrons. The van der Waals surface area contributed by atoms with Crippen LogP contribution in [0.3, 0.4) is 0 Å². The standard InChI is InChI=1S/C29H31N5O2/c1-2-21-12-14-22(15-13-21)18-31-28(35)24-10-7-17-33(20-24)27-29(36)34(19-23-8-4-3-5-9-23)26-25(32-27)11-6-16-30-26/h3-6,8-9,11-16,24H,2,7,10,17-20H2,1H3,(H,31,35)/t24-/m1/s1. The molecule has 1 aliphatic rings. The molecule has 0 saturated carbocycles. The number of fused-ring (bicyclic) bond motifs is 1. The van der Waals surface area contributed by atoms with Crippen molar-refractivity contribution in [3.05, 3.63) is 100.0 Å². The number of pyridine rings is 1. The molecule has 7 heteroatoms. The molecule has 1 atom stereocenters. The maximum Gasteiger partial charge on any atom is 0.295 e. The second kappa shape index (κ2) is 10.7. The van der Waals surface area contributed by atoms with E-state index in [1.54, 1.807) is 10.8 Å². The maximum absolute atomic E-state index is 13.6. The van der Waals surface area contributed by atoms with E-state index in [-0.39, 0.29) is 17.4 Å². The maximum atomic E-state index is 13.6. The van der Waals surface area contributed by atoms with Gasteiger partial charge in [0.1, 0.15) is 5.52 Å². The summed E-state index contributed by atoms with van der Waals surface area (Å²) in [6, 6.07) is 21.9. The van der Waals surface area contributed by atoms with Gasteiger partial charge in [0.15, 0.2) is 11.5 Å². The van der Waals surface area contributed by atoms with Crippen LogP contribution in [-0.4, -0.2) is 33.5 Å². The van der Waals surface area contributed by atoms with Crippen LogP contribution in [0.25, 0.3) is 11.2 Å². The van der Waals surface area contributed by atoms with Crippen LogP contribution in [0.4, 0.5) is 5.82 Å². The van der Waals surface area contributed by atoms with Crippen LogP contribution < -0.4 is 15.8 Å². The van der Waals surface area contributed by atoms with E-state index in [0.29, 0.717) is 43.2 Å². The van der Waals surface area contributed by atoms with Gasteiger partial charge >= 0.3 is 0 Å². The SMILES string of the molecule is CCc1ccc(CNC(=O)[C@@H]2CCCN(c3nc4cccnc4n(Cc4ccccc4)c3=O)C2)cc1. The first-order chi connectivity index (χ1) is 17.6. The highest BCUT2D eigenvalue weighted by Gasteiger charge is 2.28. The highest BCUT2D eigenvalue weighted by molar-refractivity contribution is 5.79. The van der Waals surface area contributed by atoms with Gasteiger partial charge in [0.25, 0.3) is 5.56 Å². The van der Waals surface area contributed by atoms with Gasteiger partial charge in [-0.05, 0) is 48.1 Å². The lowest BCUT2D eigenvalue weighted by atomic mass is 9.97. The highest BCUT2D eigenvalue weighted by Crippen LogP contribution is 2.22. The molecule has 1 aliphatic heterocycles. The summed E-state index contributed by atoms with van der Waals surface area (Å²) in [5.41, 5.74) is 4.44. The number of nitrogens with zero attached hydrogens (tertiary/aromatic N) is 4. The number of aryl methyl sites for hydroxylation is 1. The van der Waals surface area contributed by atoms with E-state index >= 15 is 0 Å². The van der Waals surface area contributed by atoms with Crippen molar-refractivity contribution in [2.24, 2.45) is 5.92 Å². The van der Waals surface area contributed by atoms with Crippen molar-refractivity contribution in [2.45, 2.75) is 39.3 Å². The van der Waals surface area contributed by atoms with Crippen LogP contribution in [0, 0.1) is 5.92 Å². The summed E-state index contributed by atoms with van der Waals surface area (Å²) in [6.45, 7) is 4.21. The number of nitrogens with one attached hydrogen (secondary N) is 1. The van der Waals surface area contributed by atoms with Gasteiger partial charge in [0.2, 0.25) is 5.91 Å². The number of carbonyl (C=O) groups excluding carboxylic acids is 1. The van der Waals surface area contributed by atoms with Crippen LogP contribution in [0.15, 0.2) is 77.7 Å². The van der Waals surface area contributed by atoms with E-state index in [4.69, 9.17) is 4.98 Å². The topological polar surface area (TPSA) is 80.1 Å². The van der Waals surface area contributed by atoms with E-state index in [0.717, 1.165) is 30.4 Å². The molecule has 4 aromatic rings. The number of anilines is 1. The number of rotatable bonds is 7. The average molecular weight is 482 g/mol. The number of aromatic nitrogens is 3. The molecule has 1 amide bonds. The van der Waals surface area contributed by atoms with Crippen molar-refractivity contribution in [2.75, 3.05) is 18.0 Å². The van der Waals surface area contributed by atoms with Gasteiger partial charge in [0.05, 0.1) is 12.5 Å². The Hall–Kier alpha value is -4.00. The van der Waals surface area contributed by atoms with Crippen molar-refractivity contribution in [3.63, 3.8) is 0 Å². The molecule has 0 unspecified atom stereocenters. The summed E-state index contributed by atoms with van der Waals surface area (Å²) in [5.74, 6) is 0.215. The number of hydrogen-bond acceptors (Lipinski definition) is 5. The number of benzene rings is 2. The molecule has 3 heterocycles. The van der Waals surface area contributed by atoms with Crippen LogP contribution in [0.5, 0.6) is 0 Å². The fourth-order valence-electron chi connectivity index (χ4n) is 4.79. The summed E-state index contributed by atoms with van der Waals surface area (Å²) in [5, 5.41) is 3.09. The molecule has 2 aromatic heterocycles. The number of piperidine rings is 1. The molecule has 1 N–H and O–H groups in total. The second-order valence-corrected chi connectivity index (χ2v) is 9.33. The van der Waals surface area contributed by atoms with Gasteiger partial charge in [-0.1, -0.05) is 61.5 Å². The van der Waals surface area contributed by atoms with Crippen molar-refractivity contribution >= 4 is 22.9 Å². The third kappa shape index (κ3) is 5.15. The Balaban J connectivity index is 1.36. The molecule has 0 spiro atoms. The zero-order chi connectivity index (χ0) is 24.9. The summed E-state index contributed by atoms with van der Waals surface area (Å²) >= 11 is 0. The predicted octanol–water partition coefficient (Wildman–Crippen LogP) is 3.94. The first-order valence-corrected chi connectivity index (χ1v) is 12.6. The molecule has 7 nitrogen and oxygen atoms in total. The molecular formula is C29H31N5O2. The molecule has 2 aromatic carbocycles. The third-order valence-electron chi connectivity index (χ3n) is 6.86. The number of carbonyl (C=O) groups is 1. The van der Waals surface area contributed by atoms with Crippen molar-refractivity contribution in [1.82, 2.24) is 19.9 Å². The number of hydrogen-bond donors (Lipinski definition) is 1. The van der Waals surface area contributed by atoms with E-state index in [1.165, 1.54) is 5.56 Å². The van der Waals surface area contributed by atoms with Crippen molar-refractivity contribution in [1.29, 1.82) is 0 Å². The molecule has 0 aliphatic carbocycles. The monoisotopic (exact) mass is 481 g/mol. The normalized spacial score (nSPS) is 15.7. The second-order valence-electron chi connectivity index (χ2n) is 9.33. The summed E-state index contributed by atoms with van der Waals surface area (Å²) in [7, 11) is 0. The fraction of sp³-hybridized carbons (Fsp3) is 0.310. The van der Waals surface area contributed by atoms with Crippen LogP contribution in [0.1, 0.15) is 36.5 Å². The van der Waals surface area contributed by atoms with Gasteiger partial charge in [-0.2, -0.15) is 0 Å². The summed E-state index contributed by atoms with van der Waals surface area (Å²) < 4.78 is 1.69. The summed E-state index contributed by atoms with van der Waals surface area (Å²) in [6.07, 6.45) is 4.30. The van der Waals surface area contributed by atoms with Gasteiger partial charge in [-0.25, -0.2) is 9.97 Å². The molecule has 0 radical (unpaired) electrons. The van der Waals surface area contributed by atoms with E-state index < -0.39 is 0 Å². The van der Waals surface area contributed by atoms with Crippen LogP contribution in [0.2, 0.25) is 0 Å². The Kier molecular flexibility index (Phi) is 7.07. The Bertz CT molecular complexity index is 1400. The molecule has 1 saturated heterocycles. The molecular weight excluding hydrogens is 450 g/mol. The minimum Gasteiger partial charge on any atom is -0.352 e. The summed E-state index contributed by atoms with van der Waals surface area (Å²) in [4.78, 5) is 37.8. The third-order valence-corrected chi connectivity index (χ3v) is 6.86. The lowest BCUT2D eigenvalue weighted by Crippen LogP contribution is -2.45. The minimum atomic E-state index is -0.193. The first-order valence-electron chi connectivity index (χ1n) is 12.6. The lowest BCUT2D eigenvalue weighted by molar-refractivity contribution is -0.125. The minimum absolute atomic E-state index is 0.0198. The lowest BCUT2D eigenvalue weighted by Gasteiger charge is -2.32. The van der Waals surface area contributed by atoms with Gasteiger partial charge in [0, 0.05) is 25.8 Å². The smallest absolute Gasteiger partial charge is 0.295 e. The Morgan fingerprint density at radius 3 is 2.56 bits per heavy atom. The van der Waals surface area contributed by atoms with Crippen LogP contribution in [-0.2, 0) is 24.3 Å². The van der Waals surface area contributed by atoms with E-state index in [1.807, 2.05) is 47.4 Å². The van der Waals surface area contributed by atoms with Crippen molar-refractivity contribution in [3.8, 4) is 0 Å². The predicted molar refractivity (Wildman–Crippen MR) is 142 cm³/mol. The molecule has 5 rings (SSSR count). The quantitative estimate of drug-likeness (QED) is 0.433. The average Bonchev–Trinajstić information content (AvgIpc) is 2.94. The molecule has 1 fully saturated rings. The van der Waals surface area contributed by atoms with Gasteiger partial charge in [-0.3, -0.25) is 14.2 Å². The largest absolute Gasteiger partial charge is 0.352 e. The van der Waals surface area contributed by atoms with Crippen molar-refractivity contribution < 1.29 is 4.79 Å². The zero-order valence-electron chi connectivity index (χ0n) is 20.6. The van der Waals surface area contributed by atoms with E-state index in [9.17, 15) is 9.59 Å². The van der Waals surface area contributed by atoms with Gasteiger partial charge < -0.3 is 10.2 Å². The Morgan fingerprint density at radius 2 is 1.78 bits per heavy atom. The number of amides is 1. The molecule has 0 bridgehead atoms. The first kappa shape index (κ1) is 23.7. The van der Waals surface area contributed by atoms with E-state index in [2.05, 4.69) is 41.5 Å². The fourth-order valence-corrected chi connectivity index (χ4v) is 4.79. The Morgan fingerprint density at radius 1 is 1.00 bits per heavy atom. The van der Waals surface area contributed by atoms with Crippen LogP contribution >= 0.6 is 0 Å². The zero-order valence-corrected chi connectivity index (χ0v) is 20.6. The van der Waals surface area contributed by atoms with Gasteiger partial charge in [-0.15, -0.1) is 0 Å². The Labute approximate surface area is 210 Å². The highest BCUT2D eigenvalue weighted by atomic mass is 16.2. The molecule has 36 heavy (non-hydrogen) atoms.